The zero-order chi connectivity index (χ0) is 14.7. The third kappa shape index (κ3) is 5.05. The highest BCUT2D eigenvalue weighted by molar-refractivity contribution is 6.00. The molecule has 0 aromatic rings. The number of esters is 2. The van der Waals surface area contributed by atoms with Crippen LogP contribution in [0, 0.1) is 5.41 Å². The van der Waals surface area contributed by atoms with Crippen LogP contribution < -0.4 is 0 Å². The van der Waals surface area contributed by atoms with Crippen LogP contribution in [0.3, 0.4) is 0 Å². The Labute approximate surface area is 116 Å². The van der Waals surface area contributed by atoms with Crippen molar-refractivity contribution in [1.29, 1.82) is 0 Å². The van der Waals surface area contributed by atoms with Gasteiger partial charge in [0, 0.05) is 0 Å². The van der Waals surface area contributed by atoms with Crippen LogP contribution in [0.2, 0.25) is 0 Å². The molecule has 0 aliphatic rings. The average molecular weight is 270 g/mol. The second-order valence-electron chi connectivity index (χ2n) is 4.47. The second-order valence-corrected chi connectivity index (χ2v) is 4.47. The van der Waals surface area contributed by atoms with Gasteiger partial charge < -0.3 is 9.47 Å². The summed E-state index contributed by atoms with van der Waals surface area (Å²) < 4.78 is 10.1. The summed E-state index contributed by atoms with van der Waals surface area (Å²) in [6.07, 6.45) is 5.08. The Balaban J connectivity index is 5.13. The lowest BCUT2D eigenvalue weighted by atomic mass is 9.79. The van der Waals surface area contributed by atoms with Crippen molar-refractivity contribution in [2.24, 2.45) is 5.41 Å². The minimum atomic E-state index is -1.22. The largest absolute Gasteiger partial charge is 0.465 e. The first-order valence-corrected chi connectivity index (χ1v) is 7.04. The van der Waals surface area contributed by atoms with Crippen LogP contribution in [0.5, 0.6) is 0 Å². The van der Waals surface area contributed by atoms with E-state index >= 15 is 0 Å². The summed E-state index contributed by atoms with van der Waals surface area (Å²) in [6, 6.07) is 0. The number of unbranched alkanes of at least 4 members (excludes halogenated alkanes) is 2. The monoisotopic (exact) mass is 270 g/mol. The molecule has 0 atom stereocenters. The van der Waals surface area contributed by atoms with Gasteiger partial charge in [-0.1, -0.05) is 32.3 Å². The first-order valence-electron chi connectivity index (χ1n) is 7.04. The van der Waals surface area contributed by atoms with E-state index in [1.54, 1.807) is 19.9 Å². The molecule has 4 heteroatoms. The minimum absolute atomic E-state index is 0.255. The average Bonchev–Trinajstić information content (AvgIpc) is 2.38. The highest BCUT2D eigenvalue weighted by Gasteiger charge is 2.47. The number of allylic oxidation sites excluding steroid dienone is 1. The van der Waals surface area contributed by atoms with E-state index in [-0.39, 0.29) is 19.6 Å². The molecule has 0 N–H and O–H groups in total. The predicted octanol–water partition coefficient (Wildman–Crippen LogP) is 3.26. The van der Waals surface area contributed by atoms with Crippen LogP contribution in [0.15, 0.2) is 12.7 Å². The number of hydrogen-bond donors (Lipinski definition) is 0. The van der Waals surface area contributed by atoms with E-state index in [1.165, 1.54) is 0 Å². The molecule has 19 heavy (non-hydrogen) atoms. The van der Waals surface area contributed by atoms with Gasteiger partial charge in [0.2, 0.25) is 0 Å². The van der Waals surface area contributed by atoms with Gasteiger partial charge in [-0.05, 0) is 26.7 Å². The molecule has 0 aromatic heterocycles. The summed E-state index contributed by atoms with van der Waals surface area (Å²) in [5, 5.41) is 0. The van der Waals surface area contributed by atoms with E-state index in [1.807, 2.05) is 0 Å². The molecule has 110 valence electrons. The zero-order valence-electron chi connectivity index (χ0n) is 12.4. The normalized spacial score (nSPS) is 10.9. The van der Waals surface area contributed by atoms with Gasteiger partial charge in [-0.2, -0.15) is 0 Å². The molecule has 4 nitrogen and oxygen atoms in total. The molecule has 0 amide bonds. The summed E-state index contributed by atoms with van der Waals surface area (Å²) in [7, 11) is 0. The minimum Gasteiger partial charge on any atom is -0.465 e. The standard InChI is InChI=1S/C15H26O4/c1-5-9-10-12-15(11-6-2,13(16)18-7-3)14(17)19-8-4/h6H,2,5,7-12H2,1,3-4H3. The summed E-state index contributed by atoms with van der Waals surface area (Å²) in [5.41, 5.74) is -1.22. The van der Waals surface area contributed by atoms with Crippen molar-refractivity contribution >= 4 is 11.9 Å². The number of carbonyl (C=O) groups is 2. The van der Waals surface area contributed by atoms with Crippen LogP contribution in [0.4, 0.5) is 0 Å². The van der Waals surface area contributed by atoms with E-state index in [9.17, 15) is 9.59 Å². The Bertz CT molecular complexity index is 279. The quantitative estimate of drug-likeness (QED) is 0.265. The number of rotatable bonds is 10. The topological polar surface area (TPSA) is 52.6 Å². The number of hydrogen-bond acceptors (Lipinski definition) is 4. The molecule has 0 fully saturated rings. The van der Waals surface area contributed by atoms with Crippen LogP contribution >= 0.6 is 0 Å². The fourth-order valence-corrected chi connectivity index (χ4v) is 2.02. The van der Waals surface area contributed by atoms with Crippen molar-refractivity contribution in [2.75, 3.05) is 13.2 Å². The summed E-state index contributed by atoms with van der Waals surface area (Å²) in [6.45, 7) is 9.69. The first kappa shape index (κ1) is 17.7. The van der Waals surface area contributed by atoms with Gasteiger partial charge in [0.05, 0.1) is 13.2 Å². The molecular weight excluding hydrogens is 244 g/mol. The smallest absolute Gasteiger partial charge is 0.323 e. The van der Waals surface area contributed by atoms with Gasteiger partial charge in [-0.25, -0.2) is 0 Å². The first-order chi connectivity index (χ1) is 9.08. The molecule has 0 aromatic carbocycles. The third-order valence-corrected chi connectivity index (χ3v) is 3.03. The Morgan fingerprint density at radius 3 is 1.95 bits per heavy atom. The molecule has 0 aliphatic carbocycles. The molecule has 0 heterocycles. The Morgan fingerprint density at radius 2 is 1.58 bits per heavy atom. The van der Waals surface area contributed by atoms with E-state index < -0.39 is 17.4 Å². The van der Waals surface area contributed by atoms with Gasteiger partial charge in [-0.3, -0.25) is 9.59 Å². The molecule has 0 saturated carbocycles. The molecule has 0 radical (unpaired) electrons. The molecule has 0 rings (SSSR count). The highest BCUT2D eigenvalue weighted by atomic mass is 16.6. The third-order valence-electron chi connectivity index (χ3n) is 3.03. The van der Waals surface area contributed by atoms with Crippen LogP contribution in [-0.4, -0.2) is 25.2 Å². The van der Waals surface area contributed by atoms with Crippen LogP contribution in [0.25, 0.3) is 0 Å². The maximum atomic E-state index is 12.2. The molecule has 0 saturated heterocycles. The van der Waals surface area contributed by atoms with Crippen molar-refractivity contribution in [3.63, 3.8) is 0 Å². The Hall–Kier alpha value is -1.32. The lowest BCUT2D eigenvalue weighted by Crippen LogP contribution is -2.42. The summed E-state index contributed by atoms with van der Waals surface area (Å²) >= 11 is 0. The van der Waals surface area contributed by atoms with Crippen molar-refractivity contribution in [1.82, 2.24) is 0 Å². The summed E-state index contributed by atoms with van der Waals surface area (Å²) in [4.78, 5) is 24.4. The van der Waals surface area contributed by atoms with Crippen molar-refractivity contribution in [2.45, 2.75) is 52.9 Å². The van der Waals surface area contributed by atoms with Gasteiger partial charge in [0.15, 0.2) is 5.41 Å². The molecule has 0 bridgehead atoms. The van der Waals surface area contributed by atoms with Gasteiger partial charge >= 0.3 is 11.9 Å². The van der Waals surface area contributed by atoms with E-state index in [4.69, 9.17) is 9.47 Å². The van der Waals surface area contributed by atoms with Crippen molar-refractivity contribution < 1.29 is 19.1 Å². The SMILES string of the molecule is C=CCC(CCCCC)(C(=O)OCC)C(=O)OCC. The molecule has 0 spiro atoms. The maximum Gasteiger partial charge on any atom is 0.323 e. The number of ether oxygens (including phenoxy) is 2. The van der Waals surface area contributed by atoms with E-state index in [0.29, 0.717) is 6.42 Å². The maximum absolute atomic E-state index is 12.2. The Kier molecular flexibility index (Phi) is 8.92. The molecular formula is C15H26O4. The van der Waals surface area contributed by atoms with E-state index in [2.05, 4.69) is 13.5 Å². The molecule has 0 unspecified atom stereocenters. The lowest BCUT2D eigenvalue weighted by Gasteiger charge is -2.28. The van der Waals surface area contributed by atoms with E-state index in [0.717, 1.165) is 19.3 Å². The second kappa shape index (κ2) is 9.59. The van der Waals surface area contributed by atoms with Crippen LogP contribution in [0.1, 0.15) is 52.9 Å². The highest BCUT2D eigenvalue weighted by Crippen LogP contribution is 2.33. The van der Waals surface area contributed by atoms with Gasteiger partial charge in [0.25, 0.3) is 0 Å². The zero-order valence-corrected chi connectivity index (χ0v) is 12.4. The number of carbonyl (C=O) groups excluding carboxylic acids is 2. The lowest BCUT2D eigenvalue weighted by molar-refractivity contribution is -0.172. The van der Waals surface area contributed by atoms with Crippen molar-refractivity contribution in [3.8, 4) is 0 Å². The fourth-order valence-electron chi connectivity index (χ4n) is 2.02. The van der Waals surface area contributed by atoms with Gasteiger partial charge in [-0.15, -0.1) is 6.58 Å². The van der Waals surface area contributed by atoms with Crippen LogP contribution in [-0.2, 0) is 19.1 Å². The van der Waals surface area contributed by atoms with Crippen molar-refractivity contribution in [3.05, 3.63) is 12.7 Å². The molecule has 0 aliphatic heterocycles. The predicted molar refractivity (Wildman–Crippen MR) is 74.7 cm³/mol. The van der Waals surface area contributed by atoms with Gasteiger partial charge in [0.1, 0.15) is 0 Å². The fraction of sp³-hybridized carbons (Fsp3) is 0.733. The Morgan fingerprint density at radius 1 is 1.05 bits per heavy atom. The summed E-state index contributed by atoms with van der Waals surface area (Å²) in [5.74, 6) is -0.992.